The number of ether oxygens (including phenoxy) is 1. The predicted octanol–water partition coefficient (Wildman–Crippen LogP) is 3.37. The van der Waals surface area contributed by atoms with Crippen LogP contribution in [-0.4, -0.2) is 27.8 Å². The van der Waals surface area contributed by atoms with Gasteiger partial charge in [-0.1, -0.05) is 12.8 Å². The molecule has 0 aliphatic heterocycles. The van der Waals surface area contributed by atoms with Crippen molar-refractivity contribution in [3.63, 3.8) is 0 Å². The quantitative estimate of drug-likeness (QED) is 0.852. The highest BCUT2D eigenvalue weighted by Gasteiger charge is 2.15. The van der Waals surface area contributed by atoms with E-state index in [1.807, 2.05) is 31.2 Å². The highest BCUT2D eigenvalue weighted by atomic mass is 16.5. The maximum Gasteiger partial charge on any atom is 0.249 e. The Kier molecular flexibility index (Phi) is 4.68. The highest BCUT2D eigenvalue weighted by Crippen LogP contribution is 2.22. The molecule has 3 rings (SSSR count). The first-order chi connectivity index (χ1) is 10.8. The molecule has 6 heteroatoms. The number of rotatable bonds is 6. The van der Waals surface area contributed by atoms with E-state index in [4.69, 9.17) is 4.74 Å². The molecule has 0 spiro atoms. The number of hydrogen-bond donors (Lipinski definition) is 2. The minimum atomic E-state index is 0.493. The van der Waals surface area contributed by atoms with E-state index in [1.165, 1.54) is 25.7 Å². The lowest BCUT2D eigenvalue weighted by Crippen LogP contribution is -2.16. The fourth-order valence-corrected chi connectivity index (χ4v) is 2.64. The normalized spacial score (nSPS) is 14.8. The zero-order valence-electron chi connectivity index (χ0n) is 12.7. The minimum absolute atomic E-state index is 0.493. The monoisotopic (exact) mass is 299 g/mol. The van der Waals surface area contributed by atoms with E-state index >= 15 is 0 Å². The van der Waals surface area contributed by atoms with Crippen LogP contribution >= 0.6 is 0 Å². The minimum Gasteiger partial charge on any atom is -0.494 e. The molecular weight excluding hydrogens is 278 g/mol. The first-order valence-corrected chi connectivity index (χ1v) is 7.79. The van der Waals surface area contributed by atoms with Crippen LogP contribution in [-0.2, 0) is 0 Å². The number of aromatic nitrogens is 3. The second-order valence-corrected chi connectivity index (χ2v) is 5.37. The fraction of sp³-hybridized carbons (Fsp3) is 0.438. The number of hydrogen-bond acceptors (Lipinski definition) is 6. The van der Waals surface area contributed by atoms with Crippen molar-refractivity contribution in [1.82, 2.24) is 15.2 Å². The Morgan fingerprint density at radius 2 is 1.95 bits per heavy atom. The average Bonchev–Trinajstić information content (AvgIpc) is 3.03. The van der Waals surface area contributed by atoms with Crippen LogP contribution in [0.4, 0.5) is 17.5 Å². The van der Waals surface area contributed by atoms with E-state index < -0.39 is 0 Å². The van der Waals surface area contributed by atoms with Crippen molar-refractivity contribution in [1.29, 1.82) is 0 Å². The number of anilines is 3. The lowest BCUT2D eigenvalue weighted by molar-refractivity contribution is 0.340. The van der Waals surface area contributed by atoms with Crippen LogP contribution in [0, 0.1) is 0 Å². The molecular formula is C16H21N5O. The first-order valence-electron chi connectivity index (χ1n) is 7.79. The van der Waals surface area contributed by atoms with Crippen molar-refractivity contribution >= 4 is 17.5 Å². The molecule has 6 nitrogen and oxygen atoms in total. The molecule has 0 unspecified atom stereocenters. The molecule has 0 atom stereocenters. The zero-order valence-corrected chi connectivity index (χ0v) is 12.7. The van der Waals surface area contributed by atoms with Gasteiger partial charge in [0, 0.05) is 11.7 Å². The van der Waals surface area contributed by atoms with Crippen molar-refractivity contribution in [3.05, 3.63) is 30.5 Å². The molecule has 22 heavy (non-hydrogen) atoms. The molecule has 1 heterocycles. The Labute approximate surface area is 130 Å². The molecule has 1 saturated carbocycles. The lowest BCUT2D eigenvalue weighted by Gasteiger charge is -2.12. The largest absolute Gasteiger partial charge is 0.494 e. The molecule has 1 aliphatic carbocycles. The van der Waals surface area contributed by atoms with E-state index in [0.29, 0.717) is 18.6 Å². The van der Waals surface area contributed by atoms with E-state index in [9.17, 15) is 0 Å². The van der Waals surface area contributed by atoms with Gasteiger partial charge in [-0.05, 0) is 44.0 Å². The molecule has 1 aromatic heterocycles. The Bertz CT molecular complexity index is 596. The van der Waals surface area contributed by atoms with Crippen molar-refractivity contribution in [3.8, 4) is 5.75 Å². The SMILES string of the molecule is CCOc1ccc(Nc2nncc(NC3CCCC3)n2)cc1. The summed E-state index contributed by atoms with van der Waals surface area (Å²) < 4.78 is 5.42. The lowest BCUT2D eigenvalue weighted by atomic mass is 10.2. The van der Waals surface area contributed by atoms with Crippen molar-refractivity contribution in [2.75, 3.05) is 17.2 Å². The Balaban J connectivity index is 1.64. The van der Waals surface area contributed by atoms with Crippen LogP contribution in [0.5, 0.6) is 5.75 Å². The topological polar surface area (TPSA) is 72.0 Å². The van der Waals surface area contributed by atoms with Crippen LogP contribution in [0.1, 0.15) is 32.6 Å². The zero-order chi connectivity index (χ0) is 15.2. The first kappa shape index (κ1) is 14.6. The van der Waals surface area contributed by atoms with Crippen LogP contribution in [0.25, 0.3) is 0 Å². The van der Waals surface area contributed by atoms with Gasteiger partial charge in [-0.15, -0.1) is 5.10 Å². The van der Waals surface area contributed by atoms with Gasteiger partial charge >= 0.3 is 0 Å². The third kappa shape index (κ3) is 3.84. The van der Waals surface area contributed by atoms with Gasteiger partial charge in [0.25, 0.3) is 0 Å². The number of nitrogens with zero attached hydrogens (tertiary/aromatic N) is 3. The maximum absolute atomic E-state index is 5.42. The van der Waals surface area contributed by atoms with Gasteiger partial charge in [-0.25, -0.2) is 0 Å². The summed E-state index contributed by atoms with van der Waals surface area (Å²) in [4.78, 5) is 4.46. The molecule has 0 bridgehead atoms. The Morgan fingerprint density at radius 1 is 1.18 bits per heavy atom. The van der Waals surface area contributed by atoms with Gasteiger partial charge in [0.1, 0.15) is 5.75 Å². The fourth-order valence-electron chi connectivity index (χ4n) is 2.64. The Hall–Kier alpha value is -2.37. The summed E-state index contributed by atoms with van der Waals surface area (Å²) in [6, 6.07) is 8.21. The van der Waals surface area contributed by atoms with Gasteiger partial charge < -0.3 is 15.4 Å². The molecule has 0 saturated heterocycles. The molecule has 0 radical (unpaired) electrons. The summed E-state index contributed by atoms with van der Waals surface area (Å²) in [6.07, 6.45) is 6.64. The Morgan fingerprint density at radius 3 is 2.68 bits per heavy atom. The van der Waals surface area contributed by atoms with Gasteiger partial charge in [-0.3, -0.25) is 0 Å². The summed E-state index contributed by atoms with van der Waals surface area (Å²) in [7, 11) is 0. The van der Waals surface area contributed by atoms with E-state index in [-0.39, 0.29) is 0 Å². The van der Waals surface area contributed by atoms with E-state index in [2.05, 4.69) is 25.8 Å². The average molecular weight is 299 g/mol. The van der Waals surface area contributed by atoms with Crippen LogP contribution < -0.4 is 15.4 Å². The molecule has 2 N–H and O–H groups in total. The van der Waals surface area contributed by atoms with Crippen molar-refractivity contribution in [2.24, 2.45) is 0 Å². The molecule has 116 valence electrons. The van der Waals surface area contributed by atoms with Crippen LogP contribution in [0.15, 0.2) is 30.5 Å². The second-order valence-electron chi connectivity index (χ2n) is 5.37. The summed E-state index contributed by atoms with van der Waals surface area (Å²) in [5.74, 6) is 2.12. The van der Waals surface area contributed by atoms with Gasteiger partial charge in [0.2, 0.25) is 5.95 Å². The maximum atomic E-state index is 5.42. The summed E-state index contributed by atoms with van der Waals surface area (Å²) in [5.41, 5.74) is 0.906. The standard InChI is InChI=1S/C16H21N5O/c1-2-22-14-9-7-13(8-10-14)19-16-20-15(11-17-21-16)18-12-5-3-4-6-12/h7-12H,2-6H2,1H3,(H2,18,19,20,21). The molecule has 2 aromatic rings. The van der Waals surface area contributed by atoms with Crippen LogP contribution in [0.2, 0.25) is 0 Å². The van der Waals surface area contributed by atoms with Gasteiger partial charge in [0.05, 0.1) is 12.8 Å². The van der Waals surface area contributed by atoms with Crippen LogP contribution in [0.3, 0.4) is 0 Å². The molecule has 1 aliphatic rings. The van der Waals surface area contributed by atoms with E-state index in [0.717, 1.165) is 17.3 Å². The smallest absolute Gasteiger partial charge is 0.249 e. The van der Waals surface area contributed by atoms with Gasteiger partial charge in [0.15, 0.2) is 5.82 Å². The third-order valence-electron chi connectivity index (χ3n) is 3.69. The van der Waals surface area contributed by atoms with Crippen molar-refractivity contribution < 1.29 is 4.74 Å². The second kappa shape index (κ2) is 7.06. The molecule has 1 aromatic carbocycles. The third-order valence-corrected chi connectivity index (χ3v) is 3.69. The summed E-state index contributed by atoms with van der Waals surface area (Å²) >= 11 is 0. The highest BCUT2D eigenvalue weighted by molar-refractivity contribution is 5.55. The number of nitrogens with one attached hydrogen (secondary N) is 2. The number of benzene rings is 1. The van der Waals surface area contributed by atoms with E-state index in [1.54, 1.807) is 6.20 Å². The summed E-state index contributed by atoms with van der Waals surface area (Å²) in [5, 5.41) is 14.6. The van der Waals surface area contributed by atoms with Gasteiger partial charge in [-0.2, -0.15) is 10.1 Å². The molecule has 1 fully saturated rings. The summed E-state index contributed by atoms with van der Waals surface area (Å²) in [6.45, 7) is 2.63. The van der Waals surface area contributed by atoms with Crippen molar-refractivity contribution in [2.45, 2.75) is 38.6 Å². The molecule has 0 amide bonds. The predicted molar refractivity (Wildman–Crippen MR) is 86.6 cm³/mol.